The summed E-state index contributed by atoms with van der Waals surface area (Å²) < 4.78 is 2.35. The van der Waals surface area contributed by atoms with E-state index in [9.17, 15) is 9.90 Å². The molecule has 3 fully saturated rings. The van der Waals surface area contributed by atoms with Gasteiger partial charge in [0.2, 0.25) is 0 Å². The standard InChI is InChI=1S/C22H28BrN3O2S/c1-22(2,3)19-8-13-10-25(11-17(13)26(19)21(27)28)15-6-12(7-15)20-24-16-5-4-14(23)9-18(16)29-20/h4-5,9,12-13,15,17,19H,6-8,10-11H2,1-3H3,(H,27,28)/t12-,13-,15+,17+,19?/m1/s1. The van der Waals surface area contributed by atoms with Crippen LogP contribution in [-0.4, -0.2) is 57.2 Å². The SMILES string of the molecule is CC(C)(C)C1C[C@@H]2CN([C@H]3C[C@@H](c4nc5ccc(Br)cc5s4)C3)C[C@@H]2N1C(=O)O. The Morgan fingerprint density at radius 2 is 2.00 bits per heavy atom. The molecular weight excluding hydrogens is 450 g/mol. The van der Waals surface area contributed by atoms with E-state index in [1.54, 1.807) is 4.90 Å². The van der Waals surface area contributed by atoms with Gasteiger partial charge in [0.05, 0.1) is 21.3 Å². The minimum absolute atomic E-state index is 0.00301. The molecule has 1 unspecified atom stereocenters. The van der Waals surface area contributed by atoms with Crippen molar-refractivity contribution < 1.29 is 9.90 Å². The van der Waals surface area contributed by atoms with E-state index in [0.717, 1.165) is 42.3 Å². The summed E-state index contributed by atoms with van der Waals surface area (Å²) in [6.07, 6.45) is 2.55. The number of amides is 1. The molecule has 3 aliphatic rings. The average Bonchev–Trinajstić information content (AvgIpc) is 3.23. The van der Waals surface area contributed by atoms with E-state index in [-0.39, 0.29) is 17.5 Å². The summed E-state index contributed by atoms with van der Waals surface area (Å²) in [5.74, 6) is 1.03. The van der Waals surface area contributed by atoms with Crippen LogP contribution in [0.25, 0.3) is 10.2 Å². The van der Waals surface area contributed by atoms with Gasteiger partial charge in [0.25, 0.3) is 0 Å². The van der Waals surface area contributed by atoms with Gasteiger partial charge in [-0.2, -0.15) is 0 Å². The Bertz CT molecular complexity index is 949. The molecule has 1 aromatic carbocycles. The maximum Gasteiger partial charge on any atom is 0.407 e. The van der Waals surface area contributed by atoms with Crippen molar-refractivity contribution in [2.75, 3.05) is 13.1 Å². The number of hydrogen-bond donors (Lipinski definition) is 1. The van der Waals surface area contributed by atoms with Crippen molar-refractivity contribution in [1.82, 2.24) is 14.8 Å². The van der Waals surface area contributed by atoms with Crippen LogP contribution < -0.4 is 0 Å². The van der Waals surface area contributed by atoms with Crippen molar-refractivity contribution in [2.45, 2.75) is 64.1 Å². The van der Waals surface area contributed by atoms with Crippen LogP contribution in [0, 0.1) is 11.3 Å². The molecule has 7 heteroatoms. The molecule has 3 atom stereocenters. The third kappa shape index (κ3) is 3.39. The summed E-state index contributed by atoms with van der Waals surface area (Å²) in [7, 11) is 0. The molecule has 0 spiro atoms. The quantitative estimate of drug-likeness (QED) is 0.628. The van der Waals surface area contributed by atoms with E-state index >= 15 is 0 Å². The summed E-state index contributed by atoms with van der Waals surface area (Å²) in [5.41, 5.74) is 1.09. The molecule has 3 heterocycles. The summed E-state index contributed by atoms with van der Waals surface area (Å²) >= 11 is 5.36. The molecule has 1 N–H and O–H groups in total. The van der Waals surface area contributed by atoms with Crippen LogP contribution in [0.2, 0.25) is 0 Å². The maximum absolute atomic E-state index is 12.0. The zero-order valence-corrected chi connectivity index (χ0v) is 19.5. The van der Waals surface area contributed by atoms with E-state index in [2.05, 4.69) is 59.8 Å². The Kier molecular flexibility index (Phi) is 4.72. The topological polar surface area (TPSA) is 56.7 Å². The second-order valence-electron chi connectivity index (χ2n) is 10.1. The van der Waals surface area contributed by atoms with Crippen molar-refractivity contribution in [2.24, 2.45) is 11.3 Å². The first-order valence-corrected chi connectivity index (χ1v) is 12.1. The first kappa shape index (κ1) is 19.8. The average molecular weight is 478 g/mol. The number of likely N-dealkylation sites (tertiary alicyclic amines) is 2. The molecule has 2 saturated heterocycles. The van der Waals surface area contributed by atoms with Crippen molar-refractivity contribution in [3.05, 3.63) is 27.7 Å². The van der Waals surface area contributed by atoms with Crippen LogP contribution in [0.3, 0.4) is 0 Å². The van der Waals surface area contributed by atoms with E-state index < -0.39 is 6.09 Å². The van der Waals surface area contributed by atoms with Crippen LogP contribution in [0.4, 0.5) is 4.79 Å². The highest BCUT2D eigenvalue weighted by molar-refractivity contribution is 9.10. The van der Waals surface area contributed by atoms with E-state index in [4.69, 9.17) is 4.98 Å². The summed E-state index contributed by atoms with van der Waals surface area (Å²) in [5, 5.41) is 11.1. The highest BCUT2D eigenvalue weighted by Gasteiger charge is 2.53. The number of benzene rings is 1. The van der Waals surface area contributed by atoms with Crippen LogP contribution in [-0.2, 0) is 0 Å². The Morgan fingerprint density at radius 3 is 2.69 bits per heavy atom. The molecule has 29 heavy (non-hydrogen) atoms. The Hall–Kier alpha value is -1.18. The highest BCUT2D eigenvalue weighted by atomic mass is 79.9. The number of nitrogens with zero attached hydrogens (tertiary/aromatic N) is 3. The fourth-order valence-corrected chi connectivity index (χ4v) is 7.23. The molecular formula is C22H28BrN3O2S. The lowest BCUT2D eigenvalue weighted by Crippen LogP contribution is -2.50. The lowest BCUT2D eigenvalue weighted by Gasteiger charge is -2.42. The second kappa shape index (κ2) is 6.92. The Balaban J connectivity index is 1.24. The van der Waals surface area contributed by atoms with Crippen molar-refractivity contribution in [1.29, 1.82) is 0 Å². The zero-order valence-electron chi connectivity index (χ0n) is 17.1. The molecule has 1 saturated carbocycles. The van der Waals surface area contributed by atoms with Gasteiger partial charge in [0.1, 0.15) is 0 Å². The fourth-order valence-electron chi connectivity index (χ4n) is 5.59. The number of hydrogen-bond acceptors (Lipinski definition) is 4. The van der Waals surface area contributed by atoms with Gasteiger partial charge in [-0.15, -0.1) is 11.3 Å². The van der Waals surface area contributed by atoms with Gasteiger partial charge in [-0.25, -0.2) is 9.78 Å². The largest absolute Gasteiger partial charge is 0.465 e. The highest BCUT2D eigenvalue weighted by Crippen LogP contribution is 2.48. The molecule has 1 amide bonds. The van der Waals surface area contributed by atoms with Gasteiger partial charge in [0, 0.05) is 35.6 Å². The third-order valence-electron chi connectivity index (χ3n) is 7.22. The van der Waals surface area contributed by atoms with Crippen LogP contribution in [0.1, 0.15) is 51.0 Å². The normalized spacial score (nSPS) is 32.6. The minimum Gasteiger partial charge on any atom is -0.465 e. The molecule has 0 bridgehead atoms. The Morgan fingerprint density at radius 1 is 1.24 bits per heavy atom. The maximum atomic E-state index is 12.0. The number of thiazole rings is 1. The molecule has 2 aromatic rings. The predicted octanol–water partition coefficient (Wildman–Crippen LogP) is 5.40. The molecule has 5 rings (SSSR count). The first-order chi connectivity index (χ1) is 13.7. The first-order valence-electron chi connectivity index (χ1n) is 10.5. The number of halogens is 1. The number of carbonyl (C=O) groups is 1. The number of aromatic nitrogens is 1. The molecule has 2 aliphatic heterocycles. The molecule has 1 aromatic heterocycles. The van der Waals surface area contributed by atoms with E-state index in [1.165, 1.54) is 9.71 Å². The molecule has 1 aliphatic carbocycles. The molecule has 5 nitrogen and oxygen atoms in total. The van der Waals surface area contributed by atoms with Crippen LogP contribution in [0.15, 0.2) is 22.7 Å². The summed E-state index contributed by atoms with van der Waals surface area (Å²) in [6, 6.07) is 7.17. The number of rotatable bonds is 2. The predicted molar refractivity (Wildman–Crippen MR) is 120 cm³/mol. The van der Waals surface area contributed by atoms with Gasteiger partial charge < -0.3 is 10.0 Å². The van der Waals surface area contributed by atoms with Crippen molar-refractivity contribution in [3.63, 3.8) is 0 Å². The smallest absolute Gasteiger partial charge is 0.407 e. The van der Waals surface area contributed by atoms with Gasteiger partial charge in [-0.05, 0) is 48.8 Å². The lowest BCUT2D eigenvalue weighted by molar-refractivity contribution is 0.0691. The monoisotopic (exact) mass is 477 g/mol. The number of carboxylic acid groups (broad SMARTS) is 1. The summed E-state index contributed by atoms with van der Waals surface area (Å²) in [6.45, 7) is 8.44. The second-order valence-corrected chi connectivity index (χ2v) is 12.1. The molecule has 0 radical (unpaired) electrons. The minimum atomic E-state index is -0.744. The fraction of sp³-hybridized carbons (Fsp3) is 0.636. The van der Waals surface area contributed by atoms with Crippen molar-refractivity contribution in [3.8, 4) is 0 Å². The zero-order chi connectivity index (χ0) is 20.5. The van der Waals surface area contributed by atoms with Crippen LogP contribution in [0.5, 0.6) is 0 Å². The van der Waals surface area contributed by atoms with Gasteiger partial charge >= 0.3 is 6.09 Å². The van der Waals surface area contributed by atoms with Gasteiger partial charge in [0.15, 0.2) is 0 Å². The van der Waals surface area contributed by atoms with Crippen LogP contribution >= 0.6 is 27.3 Å². The van der Waals surface area contributed by atoms with E-state index in [0.29, 0.717) is 17.9 Å². The van der Waals surface area contributed by atoms with Crippen molar-refractivity contribution >= 4 is 43.6 Å². The number of fused-ring (bicyclic) bond motifs is 2. The molecule has 156 valence electrons. The lowest BCUT2D eigenvalue weighted by atomic mass is 9.79. The summed E-state index contributed by atoms with van der Waals surface area (Å²) in [4.78, 5) is 21.2. The van der Waals surface area contributed by atoms with Gasteiger partial charge in [-0.3, -0.25) is 4.90 Å². The van der Waals surface area contributed by atoms with E-state index in [1.807, 2.05) is 11.3 Å². The van der Waals surface area contributed by atoms with Gasteiger partial charge in [-0.1, -0.05) is 36.7 Å². The third-order valence-corrected chi connectivity index (χ3v) is 8.89. The Labute approximate surface area is 184 Å².